The molecule has 156 valence electrons. The summed E-state index contributed by atoms with van der Waals surface area (Å²) in [4.78, 5) is 17.2. The first kappa shape index (κ1) is 20.1. The smallest absolute Gasteiger partial charge is 0.251 e. The number of anilines is 1. The Morgan fingerprint density at radius 3 is 2.67 bits per heavy atom. The molecule has 0 saturated heterocycles. The number of aromatic nitrogens is 3. The zero-order chi connectivity index (χ0) is 21.3. The third kappa shape index (κ3) is 4.36. The van der Waals surface area contributed by atoms with Gasteiger partial charge in [-0.05, 0) is 62.9 Å². The molecule has 4 N–H and O–H groups in total. The highest BCUT2D eigenvalue weighted by molar-refractivity contribution is 5.96. The van der Waals surface area contributed by atoms with Gasteiger partial charge in [-0.3, -0.25) is 9.89 Å². The molecule has 0 bridgehead atoms. The number of aliphatic hydroxyl groups excluding tert-OH is 1. The van der Waals surface area contributed by atoms with Gasteiger partial charge in [-0.15, -0.1) is 0 Å². The van der Waals surface area contributed by atoms with Gasteiger partial charge < -0.3 is 15.7 Å². The van der Waals surface area contributed by atoms with Crippen LogP contribution < -0.4 is 10.6 Å². The molecule has 0 radical (unpaired) electrons. The largest absolute Gasteiger partial charge is 0.394 e. The van der Waals surface area contributed by atoms with Crippen LogP contribution in [-0.4, -0.2) is 44.4 Å². The standard InChI is InChI=1S/C23H27N5O2/c1-14-4-5-15(22(30)27-18-6-7-18)8-19(14)16-9-20(17-11-25-26-12-17)21(24-10-16)28-23(2,3)13-29/h4-5,8-12,18,29H,6-7,13H2,1-3H3,(H,24,28)(H,25,26)(H,27,30). The third-order valence-corrected chi connectivity index (χ3v) is 5.27. The lowest BCUT2D eigenvalue weighted by atomic mass is 9.96. The summed E-state index contributed by atoms with van der Waals surface area (Å²) in [7, 11) is 0. The lowest BCUT2D eigenvalue weighted by molar-refractivity contribution is 0.0951. The second-order valence-electron chi connectivity index (χ2n) is 8.55. The predicted octanol–water partition coefficient (Wildman–Crippen LogP) is 3.52. The number of hydrogen-bond donors (Lipinski definition) is 4. The van der Waals surface area contributed by atoms with Crippen molar-refractivity contribution in [2.75, 3.05) is 11.9 Å². The summed E-state index contributed by atoms with van der Waals surface area (Å²) in [5.41, 5.74) is 4.82. The van der Waals surface area contributed by atoms with Crippen molar-refractivity contribution in [2.45, 2.75) is 45.2 Å². The van der Waals surface area contributed by atoms with Crippen molar-refractivity contribution in [2.24, 2.45) is 0 Å². The molecule has 1 fully saturated rings. The van der Waals surface area contributed by atoms with Crippen LogP contribution in [0.3, 0.4) is 0 Å². The third-order valence-electron chi connectivity index (χ3n) is 5.27. The number of hydrogen-bond acceptors (Lipinski definition) is 5. The van der Waals surface area contributed by atoms with Crippen molar-refractivity contribution in [1.29, 1.82) is 0 Å². The van der Waals surface area contributed by atoms with Crippen LogP contribution in [0.2, 0.25) is 0 Å². The van der Waals surface area contributed by atoms with Gasteiger partial charge in [0.25, 0.3) is 5.91 Å². The van der Waals surface area contributed by atoms with Crippen molar-refractivity contribution in [3.05, 3.63) is 54.0 Å². The van der Waals surface area contributed by atoms with Crippen LogP contribution in [0.15, 0.2) is 42.9 Å². The molecule has 7 heteroatoms. The van der Waals surface area contributed by atoms with Gasteiger partial charge >= 0.3 is 0 Å². The average molecular weight is 406 g/mol. The summed E-state index contributed by atoms with van der Waals surface area (Å²) in [5, 5.41) is 22.9. The van der Waals surface area contributed by atoms with Gasteiger partial charge in [0.1, 0.15) is 5.82 Å². The summed E-state index contributed by atoms with van der Waals surface area (Å²) < 4.78 is 0. The number of aliphatic hydroxyl groups is 1. The molecule has 0 spiro atoms. The number of nitrogens with zero attached hydrogens (tertiary/aromatic N) is 2. The van der Waals surface area contributed by atoms with Crippen LogP contribution in [-0.2, 0) is 0 Å². The number of amides is 1. The SMILES string of the molecule is Cc1ccc(C(=O)NC2CC2)cc1-c1cnc(NC(C)(C)CO)c(-c2cn[nH]c2)c1. The molecule has 0 aliphatic heterocycles. The van der Waals surface area contributed by atoms with E-state index in [1.165, 1.54) is 0 Å². The van der Waals surface area contributed by atoms with Gasteiger partial charge in [0.05, 0.1) is 18.3 Å². The Labute approximate surface area is 175 Å². The Balaban J connectivity index is 1.74. The zero-order valence-corrected chi connectivity index (χ0v) is 17.5. The molecule has 1 amide bonds. The van der Waals surface area contributed by atoms with Crippen LogP contribution in [0.25, 0.3) is 22.3 Å². The van der Waals surface area contributed by atoms with Crippen molar-refractivity contribution in [3.63, 3.8) is 0 Å². The Morgan fingerprint density at radius 2 is 2.00 bits per heavy atom. The van der Waals surface area contributed by atoms with E-state index in [4.69, 9.17) is 0 Å². The van der Waals surface area contributed by atoms with E-state index in [-0.39, 0.29) is 12.5 Å². The summed E-state index contributed by atoms with van der Waals surface area (Å²) in [5.74, 6) is 0.629. The van der Waals surface area contributed by atoms with Crippen LogP contribution in [0.5, 0.6) is 0 Å². The number of benzene rings is 1. The summed E-state index contributed by atoms with van der Waals surface area (Å²) in [6, 6.07) is 8.11. The van der Waals surface area contributed by atoms with Crippen LogP contribution in [0, 0.1) is 6.92 Å². The molecular weight excluding hydrogens is 378 g/mol. The fraction of sp³-hybridized carbons (Fsp3) is 0.348. The van der Waals surface area contributed by atoms with E-state index in [1.54, 1.807) is 12.4 Å². The Bertz CT molecular complexity index is 1060. The number of carbonyl (C=O) groups is 1. The second kappa shape index (κ2) is 7.91. The summed E-state index contributed by atoms with van der Waals surface area (Å²) >= 11 is 0. The molecule has 7 nitrogen and oxygen atoms in total. The molecule has 30 heavy (non-hydrogen) atoms. The van der Waals surface area contributed by atoms with Gasteiger partial charge in [-0.1, -0.05) is 6.07 Å². The molecule has 0 unspecified atom stereocenters. The molecule has 1 aliphatic carbocycles. The zero-order valence-electron chi connectivity index (χ0n) is 17.5. The van der Waals surface area contributed by atoms with Crippen LogP contribution in [0.1, 0.15) is 42.6 Å². The Morgan fingerprint density at radius 1 is 1.20 bits per heavy atom. The molecule has 1 saturated carbocycles. The average Bonchev–Trinajstić information content (AvgIpc) is 3.37. The van der Waals surface area contributed by atoms with Crippen molar-refractivity contribution in [1.82, 2.24) is 20.5 Å². The van der Waals surface area contributed by atoms with Crippen molar-refractivity contribution < 1.29 is 9.90 Å². The second-order valence-corrected chi connectivity index (χ2v) is 8.55. The minimum Gasteiger partial charge on any atom is -0.394 e. The Kier molecular flexibility index (Phi) is 5.30. The first-order valence-electron chi connectivity index (χ1n) is 10.2. The van der Waals surface area contributed by atoms with Crippen molar-refractivity contribution in [3.8, 4) is 22.3 Å². The highest BCUT2D eigenvalue weighted by atomic mass is 16.3. The lowest BCUT2D eigenvalue weighted by Gasteiger charge is -2.26. The normalized spacial score (nSPS) is 13.9. The maximum atomic E-state index is 12.5. The number of rotatable bonds is 7. The number of pyridine rings is 1. The molecule has 2 aromatic heterocycles. The molecule has 3 aromatic rings. The Hall–Kier alpha value is -3.19. The molecular formula is C23H27N5O2. The molecule has 0 atom stereocenters. The fourth-order valence-electron chi connectivity index (χ4n) is 3.26. The van der Waals surface area contributed by atoms with Crippen molar-refractivity contribution >= 4 is 11.7 Å². The van der Waals surface area contributed by atoms with E-state index in [1.807, 2.05) is 51.2 Å². The van der Waals surface area contributed by atoms with E-state index < -0.39 is 5.54 Å². The number of aryl methyl sites for hydroxylation is 1. The minimum absolute atomic E-state index is 0.0292. The molecule has 2 heterocycles. The lowest BCUT2D eigenvalue weighted by Crippen LogP contribution is -2.35. The number of nitrogens with one attached hydrogen (secondary N) is 3. The topological polar surface area (TPSA) is 103 Å². The summed E-state index contributed by atoms with van der Waals surface area (Å²) in [6.07, 6.45) is 7.46. The van der Waals surface area contributed by atoms with Gasteiger partial charge in [-0.25, -0.2) is 4.98 Å². The van der Waals surface area contributed by atoms with Crippen LogP contribution >= 0.6 is 0 Å². The number of aromatic amines is 1. The van der Waals surface area contributed by atoms with Gasteiger partial charge in [0.15, 0.2) is 0 Å². The van der Waals surface area contributed by atoms with Gasteiger partial charge in [-0.2, -0.15) is 5.10 Å². The maximum absolute atomic E-state index is 12.5. The van der Waals surface area contributed by atoms with E-state index in [0.29, 0.717) is 17.4 Å². The highest BCUT2D eigenvalue weighted by Crippen LogP contribution is 2.33. The summed E-state index contributed by atoms with van der Waals surface area (Å²) in [6.45, 7) is 5.82. The van der Waals surface area contributed by atoms with E-state index in [2.05, 4.69) is 25.8 Å². The highest BCUT2D eigenvalue weighted by Gasteiger charge is 2.24. The number of H-pyrrole nitrogens is 1. The fourth-order valence-corrected chi connectivity index (χ4v) is 3.26. The van der Waals surface area contributed by atoms with Gasteiger partial charge in [0, 0.05) is 40.7 Å². The minimum atomic E-state index is -0.524. The molecule has 1 aromatic carbocycles. The van der Waals surface area contributed by atoms with Gasteiger partial charge in [0.2, 0.25) is 0 Å². The quantitative estimate of drug-likeness (QED) is 0.482. The predicted molar refractivity (Wildman–Crippen MR) is 117 cm³/mol. The first-order chi connectivity index (χ1) is 14.4. The van der Waals surface area contributed by atoms with E-state index in [9.17, 15) is 9.90 Å². The first-order valence-corrected chi connectivity index (χ1v) is 10.2. The van der Waals surface area contributed by atoms with E-state index >= 15 is 0 Å². The molecule has 1 aliphatic rings. The monoisotopic (exact) mass is 405 g/mol. The maximum Gasteiger partial charge on any atom is 0.251 e. The van der Waals surface area contributed by atoms with Crippen LogP contribution in [0.4, 0.5) is 5.82 Å². The molecule has 4 rings (SSSR count). The number of carbonyl (C=O) groups excluding carboxylic acids is 1. The van der Waals surface area contributed by atoms with E-state index in [0.717, 1.165) is 40.7 Å².